The Labute approximate surface area is 388 Å². The molecule has 66 heavy (non-hydrogen) atoms. The van der Waals surface area contributed by atoms with Crippen molar-refractivity contribution in [3.63, 3.8) is 0 Å². The van der Waals surface area contributed by atoms with Crippen molar-refractivity contribution < 1.29 is 0 Å². The molecule has 8 heteroatoms. The van der Waals surface area contributed by atoms with Gasteiger partial charge >= 0.3 is 0 Å². The van der Waals surface area contributed by atoms with Crippen LogP contribution in [0.5, 0.6) is 0 Å². The van der Waals surface area contributed by atoms with Crippen LogP contribution in [0.3, 0.4) is 0 Å². The zero-order valence-electron chi connectivity index (χ0n) is 36.7. The Bertz CT molecular complexity index is 3380. The molecular formula is C58H43N7S. The summed E-state index contributed by atoms with van der Waals surface area (Å²) in [6.07, 6.45) is 0. The minimum atomic E-state index is 0.999. The maximum absolute atomic E-state index is 5.15. The number of para-hydroxylation sites is 13. The number of fused-ring (bicyclic) bond motifs is 7. The number of hydrogen-bond acceptors (Lipinski definition) is 8. The van der Waals surface area contributed by atoms with E-state index >= 15 is 0 Å². The summed E-state index contributed by atoms with van der Waals surface area (Å²) in [7, 11) is 6.52. The van der Waals surface area contributed by atoms with Gasteiger partial charge in [0.15, 0.2) is 0 Å². The van der Waals surface area contributed by atoms with Gasteiger partial charge in [-0.05, 0) is 109 Å². The monoisotopic (exact) mass is 869 g/mol. The van der Waals surface area contributed by atoms with Crippen LogP contribution in [0.1, 0.15) is 0 Å². The fourth-order valence-corrected chi connectivity index (χ4v) is 11.3. The van der Waals surface area contributed by atoms with Gasteiger partial charge in [0.25, 0.3) is 0 Å². The molecule has 0 saturated heterocycles. The molecule has 4 heterocycles. The van der Waals surface area contributed by atoms with Gasteiger partial charge in [-0.25, -0.2) is 4.98 Å². The normalized spacial score (nSPS) is 13.5. The minimum absolute atomic E-state index is 0.999. The number of rotatable bonds is 5. The molecule has 0 atom stereocenters. The Morgan fingerprint density at radius 2 is 0.652 bits per heavy atom. The van der Waals surface area contributed by atoms with Crippen LogP contribution in [-0.4, -0.2) is 26.1 Å². The molecule has 0 saturated carbocycles. The molecule has 0 aliphatic carbocycles. The van der Waals surface area contributed by atoms with Crippen LogP contribution in [0.2, 0.25) is 0 Å². The molecule has 9 aromatic carbocycles. The maximum Gasteiger partial charge on any atom is 0.124 e. The largest absolute Gasteiger partial charge is 0.341 e. The smallest absolute Gasteiger partial charge is 0.124 e. The standard InChI is InChI=1S/C58H43N7S/c1-60-42-22-5-11-28-48(42)63(49-29-12-6-23-43(49)60)54-37-56(65-52-32-15-9-26-46(52)62(3)47-27-10-16-33-53(47)65)55(64-50-30-13-7-24-44(50)61(2)45-25-8-14-31-51(45)64)36-40(54)38-19-18-20-39(35-38)58-59-41-21-4-17-34-57(41)66-58/h4-37H,1-3H3. The predicted molar refractivity (Wildman–Crippen MR) is 279 cm³/mol. The number of hydrogen-bond donors (Lipinski definition) is 0. The molecule has 0 amide bonds. The highest BCUT2D eigenvalue weighted by atomic mass is 32.1. The van der Waals surface area contributed by atoms with E-state index in [1.807, 2.05) is 0 Å². The van der Waals surface area contributed by atoms with E-state index < -0.39 is 0 Å². The molecule has 0 fully saturated rings. The van der Waals surface area contributed by atoms with E-state index in [-0.39, 0.29) is 0 Å². The van der Waals surface area contributed by atoms with Crippen molar-refractivity contribution in [2.45, 2.75) is 0 Å². The van der Waals surface area contributed by atoms with Crippen molar-refractivity contribution in [3.05, 3.63) is 206 Å². The summed E-state index contributed by atoms with van der Waals surface area (Å²) in [6, 6.07) is 75.0. The summed E-state index contributed by atoms with van der Waals surface area (Å²) in [5.74, 6) is 0. The molecule has 7 nitrogen and oxygen atoms in total. The van der Waals surface area contributed by atoms with Gasteiger partial charge < -0.3 is 29.4 Å². The number of thiazole rings is 1. The first-order chi connectivity index (χ1) is 32.5. The van der Waals surface area contributed by atoms with Crippen molar-refractivity contribution in [3.8, 4) is 21.7 Å². The first kappa shape index (κ1) is 38.2. The van der Waals surface area contributed by atoms with E-state index in [0.717, 1.165) is 113 Å². The summed E-state index contributed by atoms with van der Waals surface area (Å²) in [6.45, 7) is 0. The van der Waals surface area contributed by atoms with Gasteiger partial charge in [-0.2, -0.15) is 0 Å². The molecule has 13 rings (SSSR count). The third-order valence-electron chi connectivity index (χ3n) is 13.4. The highest BCUT2D eigenvalue weighted by Gasteiger charge is 2.37. The molecule has 0 radical (unpaired) electrons. The average molecular weight is 870 g/mol. The lowest BCUT2D eigenvalue weighted by Crippen LogP contribution is -2.28. The summed E-state index contributed by atoms with van der Waals surface area (Å²) in [4.78, 5) is 19.6. The second-order valence-corrected chi connectivity index (χ2v) is 18.1. The molecule has 0 N–H and O–H groups in total. The molecule has 316 valence electrons. The van der Waals surface area contributed by atoms with E-state index in [2.05, 4.69) is 257 Å². The van der Waals surface area contributed by atoms with Crippen LogP contribution in [0, 0.1) is 0 Å². The van der Waals surface area contributed by atoms with E-state index in [4.69, 9.17) is 4.98 Å². The van der Waals surface area contributed by atoms with Gasteiger partial charge in [0.2, 0.25) is 0 Å². The number of nitrogens with zero attached hydrogens (tertiary/aromatic N) is 7. The van der Waals surface area contributed by atoms with Crippen LogP contribution in [0.4, 0.5) is 85.3 Å². The maximum atomic E-state index is 5.15. The van der Waals surface area contributed by atoms with Gasteiger partial charge in [0.05, 0.1) is 95.5 Å². The van der Waals surface area contributed by atoms with Gasteiger partial charge in [0, 0.05) is 32.3 Å². The molecule has 3 aliphatic heterocycles. The highest BCUT2D eigenvalue weighted by molar-refractivity contribution is 7.21. The molecule has 0 spiro atoms. The summed E-state index contributed by atoms with van der Waals surface area (Å²) in [5, 5.41) is 0.999. The van der Waals surface area contributed by atoms with Crippen LogP contribution >= 0.6 is 11.3 Å². The molecule has 0 bridgehead atoms. The molecular weight excluding hydrogens is 827 g/mol. The second kappa shape index (κ2) is 14.9. The van der Waals surface area contributed by atoms with Crippen LogP contribution in [-0.2, 0) is 0 Å². The van der Waals surface area contributed by atoms with Gasteiger partial charge in [-0.1, -0.05) is 103 Å². The fraction of sp³-hybridized carbons (Fsp3) is 0.0517. The summed E-state index contributed by atoms with van der Waals surface area (Å²) >= 11 is 1.74. The summed E-state index contributed by atoms with van der Waals surface area (Å²) < 4.78 is 1.18. The SMILES string of the molecule is CN1c2ccccc2N(c2cc(N3c4ccccc4N(C)c4ccccc43)c(N3c4ccccc4N(C)c4ccccc43)cc2-c2cccc(-c3nc4ccccc4s3)c2)c2ccccc21. The number of aromatic nitrogens is 1. The third-order valence-corrected chi connectivity index (χ3v) is 14.5. The molecule has 1 aromatic heterocycles. The minimum Gasteiger partial charge on any atom is -0.341 e. The second-order valence-electron chi connectivity index (χ2n) is 17.0. The van der Waals surface area contributed by atoms with E-state index in [9.17, 15) is 0 Å². The van der Waals surface area contributed by atoms with Crippen molar-refractivity contribution in [1.82, 2.24) is 4.98 Å². The average Bonchev–Trinajstić information content (AvgIpc) is 3.82. The lowest BCUT2D eigenvalue weighted by molar-refractivity contribution is 1.10. The fourth-order valence-electron chi connectivity index (χ4n) is 10.3. The van der Waals surface area contributed by atoms with Crippen LogP contribution in [0.15, 0.2) is 206 Å². The zero-order valence-corrected chi connectivity index (χ0v) is 37.5. The lowest BCUT2D eigenvalue weighted by Gasteiger charge is -2.44. The van der Waals surface area contributed by atoms with Crippen molar-refractivity contribution in [2.24, 2.45) is 0 Å². The van der Waals surface area contributed by atoms with Gasteiger partial charge in [-0.3, -0.25) is 0 Å². The van der Waals surface area contributed by atoms with E-state index in [1.165, 1.54) is 4.70 Å². The topological polar surface area (TPSA) is 32.3 Å². The Morgan fingerprint density at radius 3 is 1.08 bits per heavy atom. The highest BCUT2D eigenvalue weighted by Crippen LogP contribution is 2.61. The van der Waals surface area contributed by atoms with E-state index in [0.29, 0.717) is 0 Å². The predicted octanol–water partition coefficient (Wildman–Crippen LogP) is 16.3. The van der Waals surface area contributed by atoms with Crippen LogP contribution in [0.25, 0.3) is 31.9 Å². The molecule has 0 unspecified atom stereocenters. The van der Waals surface area contributed by atoms with Crippen molar-refractivity contribution in [1.29, 1.82) is 0 Å². The third kappa shape index (κ3) is 5.71. The first-order valence-electron chi connectivity index (χ1n) is 22.3. The van der Waals surface area contributed by atoms with Crippen molar-refractivity contribution >= 4 is 107 Å². The summed E-state index contributed by atoms with van der Waals surface area (Å²) in [5.41, 5.74) is 20.9. The molecule has 10 aromatic rings. The van der Waals surface area contributed by atoms with Crippen molar-refractivity contribution in [2.75, 3.05) is 50.5 Å². The number of benzene rings is 9. The Balaban J connectivity index is 1.17. The van der Waals surface area contributed by atoms with E-state index in [1.54, 1.807) is 11.3 Å². The first-order valence-corrected chi connectivity index (χ1v) is 23.1. The van der Waals surface area contributed by atoms with Gasteiger partial charge in [0.1, 0.15) is 5.01 Å². The number of anilines is 15. The Kier molecular flexibility index (Phi) is 8.60. The van der Waals surface area contributed by atoms with Crippen LogP contribution < -0.4 is 29.4 Å². The quantitative estimate of drug-likeness (QED) is 0.170. The molecule has 3 aliphatic rings. The lowest BCUT2D eigenvalue weighted by atomic mass is 9.95. The Morgan fingerprint density at radius 1 is 0.303 bits per heavy atom. The van der Waals surface area contributed by atoms with Gasteiger partial charge in [-0.15, -0.1) is 11.3 Å². The Hall–Kier alpha value is -8.33. The zero-order chi connectivity index (χ0) is 44.0.